The Morgan fingerprint density at radius 2 is 1.90 bits per heavy atom. The minimum absolute atomic E-state index is 0.774. The first-order chi connectivity index (χ1) is 10.3. The second-order valence-electron chi connectivity index (χ2n) is 4.68. The number of pyridine rings is 1. The number of aromatic nitrogens is 1. The van der Waals surface area contributed by atoms with Gasteiger partial charge in [0.05, 0.1) is 12.6 Å². The van der Waals surface area contributed by atoms with Crippen molar-refractivity contribution in [1.82, 2.24) is 4.98 Å². The van der Waals surface area contributed by atoms with Gasteiger partial charge in [0.15, 0.2) is 0 Å². The van der Waals surface area contributed by atoms with Crippen LogP contribution in [0.4, 0.5) is 5.69 Å². The number of thioether (sulfide) groups is 1. The van der Waals surface area contributed by atoms with E-state index in [1.165, 1.54) is 10.5 Å². The van der Waals surface area contributed by atoms with Gasteiger partial charge in [-0.2, -0.15) is 0 Å². The van der Waals surface area contributed by atoms with Gasteiger partial charge < -0.3 is 10.5 Å². The number of hydrogen-bond acceptors (Lipinski definition) is 4. The van der Waals surface area contributed by atoms with E-state index in [4.69, 9.17) is 10.5 Å². The summed E-state index contributed by atoms with van der Waals surface area (Å²) >= 11 is 1.78. The first kappa shape index (κ1) is 13.8. The Hall–Kier alpha value is -2.20. The Kier molecular flexibility index (Phi) is 3.97. The zero-order chi connectivity index (χ0) is 14.7. The quantitative estimate of drug-likeness (QED) is 0.581. The third-order valence-corrected chi connectivity index (χ3v) is 4.40. The van der Waals surface area contributed by atoms with Crippen LogP contribution in [0.1, 0.15) is 5.56 Å². The fourth-order valence-corrected chi connectivity index (χ4v) is 3.09. The number of nitrogen functional groups attached to an aromatic ring is 1. The molecule has 4 heteroatoms. The highest BCUT2D eigenvalue weighted by molar-refractivity contribution is 7.98. The van der Waals surface area contributed by atoms with Gasteiger partial charge in [0.1, 0.15) is 5.75 Å². The summed E-state index contributed by atoms with van der Waals surface area (Å²) in [4.78, 5) is 5.67. The first-order valence-corrected chi connectivity index (χ1v) is 7.65. The number of benzene rings is 2. The molecule has 1 heterocycles. The average molecular weight is 296 g/mol. The Morgan fingerprint density at radius 3 is 2.67 bits per heavy atom. The van der Waals surface area contributed by atoms with E-state index >= 15 is 0 Å². The predicted molar refractivity (Wildman–Crippen MR) is 88.7 cm³/mol. The van der Waals surface area contributed by atoms with Crippen LogP contribution in [0.2, 0.25) is 0 Å². The average Bonchev–Trinajstić information content (AvgIpc) is 2.55. The summed E-state index contributed by atoms with van der Waals surface area (Å²) in [5.74, 6) is 1.74. The van der Waals surface area contributed by atoms with Gasteiger partial charge in [-0.05, 0) is 48.0 Å². The lowest BCUT2D eigenvalue weighted by atomic mass is 10.1. The molecule has 106 valence electrons. The van der Waals surface area contributed by atoms with Gasteiger partial charge in [-0.25, -0.2) is 0 Å². The SMILES string of the molecule is COc1ccc(SCc2ccc(N)c3cccnc23)cc1. The largest absolute Gasteiger partial charge is 0.497 e. The van der Waals surface area contributed by atoms with Crippen molar-refractivity contribution < 1.29 is 4.74 Å². The number of nitrogens with zero attached hydrogens (tertiary/aromatic N) is 1. The smallest absolute Gasteiger partial charge is 0.118 e. The van der Waals surface area contributed by atoms with Crippen LogP contribution >= 0.6 is 11.8 Å². The maximum atomic E-state index is 6.00. The fraction of sp³-hybridized carbons (Fsp3) is 0.118. The van der Waals surface area contributed by atoms with Crippen molar-refractivity contribution in [3.63, 3.8) is 0 Å². The van der Waals surface area contributed by atoms with Crippen molar-refractivity contribution in [3.05, 3.63) is 60.3 Å². The summed E-state index contributed by atoms with van der Waals surface area (Å²) < 4.78 is 5.17. The Balaban J connectivity index is 1.83. The molecule has 0 atom stereocenters. The molecular formula is C17H16N2OS. The van der Waals surface area contributed by atoms with Gasteiger partial charge in [0, 0.05) is 27.9 Å². The fourth-order valence-electron chi connectivity index (χ4n) is 2.20. The topological polar surface area (TPSA) is 48.1 Å². The molecule has 1 aromatic heterocycles. The number of hydrogen-bond donors (Lipinski definition) is 1. The number of fused-ring (bicyclic) bond motifs is 1. The Bertz CT molecular complexity index is 756. The van der Waals surface area contributed by atoms with Crippen LogP contribution in [0, 0.1) is 0 Å². The molecule has 2 aromatic carbocycles. The number of anilines is 1. The van der Waals surface area contributed by atoms with Gasteiger partial charge in [-0.3, -0.25) is 4.98 Å². The molecule has 0 saturated heterocycles. The highest BCUT2D eigenvalue weighted by Gasteiger charge is 2.06. The lowest BCUT2D eigenvalue weighted by molar-refractivity contribution is 0.414. The van der Waals surface area contributed by atoms with Crippen molar-refractivity contribution in [2.75, 3.05) is 12.8 Å². The van der Waals surface area contributed by atoms with Crippen molar-refractivity contribution in [2.45, 2.75) is 10.6 Å². The monoisotopic (exact) mass is 296 g/mol. The molecule has 0 aliphatic heterocycles. The molecule has 3 rings (SSSR count). The van der Waals surface area contributed by atoms with E-state index in [0.717, 1.165) is 28.1 Å². The maximum absolute atomic E-state index is 6.00. The highest BCUT2D eigenvalue weighted by Crippen LogP contribution is 2.29. The number of rotatable bonds is 4. The molecular weight excluding hydrogens is 280 g/mol. The van der Waals surface area contributed by atoms with Crippen molar-refractivity contribution in [3.8, 4) is 5.75 Å². The summed E-state index contributed by atoms with van der Waals surface area (Å²) in [6.07, 6.45) is 1.81. The third kappa shape index (κ3) is 2.95. The summed E-state index contributed by atoms with van der Waals surface area (Å²) in [6.45, 7) is 0. The van der Waals surface area contributed by atoms with E-state index in [2.05, 4.69) is 23.2 Å². The van der Waals surface area contributed by atoms with Crippen LogP contribution in [-0.4, -0.2) is 12.1 Å². The number of methoxy groups -OCH3 is 1. The van der Waals surface area contributed by atoms with E-state index in [9.17, 15) is 0 Å². The zero-order valence-electron chi connectivity index (χ0n) is 11.7. The molecule has 0 aliphatic rings. The molecule has 2 N–H and O–H groups in total. The lowest BCUT2D eigenvalue weighted by Crippen LogP contribution is -1.92. The normalized spacial score (nSPS) is 10.7. The minimum Gasteiger partial charge on any atom is -0.497 e. The lowest BCUT2D eigenvalue weighted by Gasteiger charge is -2.08. The first-order valence-electron chi connectivity index (χ1n) is 6.67. The van der Waals surface area contributed by atoms with E-state index in [1.807, 2.05) is 36.5 Å². The van der Waals surface area contributed by atoms with Gasteiger partial charge >= 0.3 is 0 Å². The summed E-state index contributed by atoms with van der Waals surface area (Å²) in [5, 5.41) is 1.02. The van der Waals surface area contributed by atoms with Gasteiger partial charge in [0.2, 0.25) is 0 Å². The molecule has 0 amide bonds. The molecule has 3 aromatic rings. The van der Waals surface area contributed by atoms with E-state index in [-0.39, 0.29) is 0 Å². The van der Waals surface area contributed by atoms with E-state index < -0.39 is 0 Å². The van der Waals surface area contributed by atoms with Crippen LogP contribution in [0.15, 0.2) is 59.6 Å². The Morgan fingerprint density at radius 1 is 1.10 bits per heavy atom. The summed E-state index contributed by atoms with van der Waals surface area (Å²) in [7, 11) is 1.67. The molecule has 0 spiro atoms. The van der Waals surface area contributed by atoms with Crippen molar-refractivity contribution >= 4 is 28.4 Å². The predicted octanol–water partition coefficient (Wildman–Crippen LogP) is 4.12. The van der Waals surface area contributed by atoms with Crippen molar-refractivity contribution in [1.29, 1.82) is 0 Å². The van der Waals surface area contributed by atoms with E-state index in [0.29, 0.717) is 0 Å². The van der Waals surface area contributed by atoms with Crippen LogP contribution in [0.5, 0.6) is 5.75 Å². The second kappa shape index (κ2) is 6.06. The van der Waals surface area contributed by atoms with Gasteiger partial charge in [-0.1, -0.05) is 6.07 Å². The van der Waals surface area contributed by atoms with Gasteiger partial charge in [0.25, 0.3) is 0 Å². The standard InChI is InChI=1S/C17H16N2OS/c1-20-13-5-7-14(8-6-13)21-11-12-4-9-16(18)15-3-2-10-19-17(12)15/h2-10H,11,18H2,1H3. The molecule has 0 saturated carbocycles. The molecule has 21 heavy (non-hydrogen) atoms. The third-order valence-electron chi connectivity index (χ3n) is 3.34. The van der Waals surface area contributed by atoms with Gasteiger partial charge in [-0.15, -0.1) is 11.8 Å². The number of ether oxygens (including phenoxy) is 1. The van der Waals surface area contributed by atoms with Crippen LogP contribution in [0.3, 0.4) is 0 Å². The maximum Gasteiger partial charge on any atom is 0.118 e. The molecule has 3 nitrogen and oxygen atoms in total. The van der Waals surface area contributed by atoms with Crippen LogP contribution in [-0.2, 0) is 5.75 Å². The molecule has 0 aliphatic carbocycles. The molecule has 0 fully saturated rings. The molecule has 0 unspecified atom stereocenters. The molecule has 0 radical (unpaired) electrons. The van der Waals surface area contributed by atoms with Crippen LogP contribution < -0.4 is 10.5 Å². The van der Waals surface area contributed by atoms with Crippen molar-refractivity contribution in [2.24, 2.45) is 0 Å². The van der Waals surface area contributed by atoms with Crippen LogP contribution in [0.25, 0.3) is 10.9 Å². The zero-order valence-corrected chi connectivity index (χ0v) is 12.6. The van der Waals surface area contributed by atoms with E-state index in [1.54, 1.807) is 18.9 Å². The minimum atomic E-state index is 0.774. The molecule has 0 bridgehead atoms. The second-order valence-corrected chi connectivity index (χ2v) is 5.73. The number of nitrogens with two attached hydrogens (primary N) is 1. The highest BCUT2D eigenvalue weighted by atomic mass is 32.2. The summed E-state index contributed by atoms with van der Waals surface area (Å²) in [5.41, 5.74) is 8.96. The summed E-state index contributed by atoms with van der Waals surface area (Å²) in [6, 6.07) is 16.0. The Labute approximate surface area is 128 Å².